The van der Waals surface area contributed by atoms with E-state index in [0.717, 1.165) is 25.5 Å². The van der Waals surface area contributed by atoms with Crippen LogP contribution in [0, 0.1) is 11.6 Å². The molecule has 0 spiro atoms. The number of imidazole rings is 1. The first-order valence-corrected chi connectivity index (χ1v) is 9.77. The molecular formula is C20H24F2N6O2. The molecule has 1 aliphatic heterocycles. The Kier molecular flexibility index (Phi) is 5.29. The van der Waals surface area contributed by atoms with Crippen molar-refractivity contribution < 1.29 is 18.6 Å². The smallest absolute Gasteiger partial charge is 0.168 e. The zero-order valence-electron chi connectivity index (χ0n) is 17.0. The van der Waals surface area contributed by atoms with Gasteiger partial charge >= 0.3 is 0 Å². The number of fused-ring (bicyclic) bond motifs is 1. The summed E-state index contributed by atoms with van der Waals surface area (Å²) in [6.07, 6.45) is 3.24. The third kappa shape index (κ3) is 3.80. The topological polar surface area (TPSA) is 96.6 Å². The number of aromatic nitrogens is 4. The molecular weight excluding hydrogens is 394 g/mol. The van der Waals surface area contributed by atoms with Crippen molar-refractivity contribution in [2.75, 3.05) is 25.5 Å². The minimum Gasteiger partial charge on any atom is -0.495 e. The fourth-order valence-corrected chi connectivity index (χ4v) is 3.56. The van der Waals surface area contributed by atoms with Gasteiger partial charge in [-0.1, -0.05) is 0 Å². The average Bonchev–Trinajstić information content (AvgIpc) is 3.12. The Morgan fingerprint density at radius 3 is 2.77 bits per heavy atom. The average molecular weight is 418 g/mol. The Labute approximate surface area is 172 Å². The molecule has 1 fully saturated rings. The first kappa shape index (κ1) is 20.4. The maximum atomic E-state index is 14.7. The van der Waals surface area contributed by atoms with E-state index in [1.165, 1.54) is 17.8 Å². The molecule has 3 aromatic rings. The van der Waals surface area contributed by atoms with Gasteiger partial charge in [-0.3, -0.25) is 0 Å². The van der Waals surface area contributed by atoms with Gasteiger partial charge in [0, 0.05) is 24.7 Å². The number of rotatable bonds is 5. The standard InChI is InChI=1S/C20H24F2N6O2/c1-20(2,29)18-15(30-3)8-16-24-10-14(28(16)27-18)17-12(21)7-13(22)19(26-17)25-11-5-4-6-23-9-11/h7-8,10-11,23,29H,4-6,9H2,1-3H3,(H,25,26). The van der Waals surface area contributed by atoms with Gasteiger partial charge < -0.3 is 20.5 Å². The monoisotopic (exact) mass is 418 g/mol. The van der Waals surface area contributed by atoms with Crippen LogP contribution < -0.4 is 15.4 Å². The summed E-state index contributed by atoms with van der Waals surface area (Å²) in [6, 6.07) is 2.41. The third-order valence-corrected chi connectivity index (χ3v) is 5.07. The number of anilines is 1. The molecule has 1 aliphatic rings. The minimum atomic E-state index is -1.31. The summed E-state index contributed by atoms with van der Waals surface area (Å²) in [7, 11) is 1.46. The van der Waals surface area contributed by atoms with Crippen LogP contribution in [0.1, 0.15) is 32.4 Å². The molecule has 160 valence electrons. The van der Waals surface area contributed by atoms with E-state index in [9.17, 15) is 13.9 Å². The SMILES string of the molecule is COc1cc2ncc(-c3nc(NC4CCCNC4)c(F)cc3F)n2nc1C(C)(C)O. The fourth-order valence-electron chi connectivity index (χ4n) is 3.56. The highest BCUT2D eigenvalue weighted by molar-refractivity contribution is 5.63. The number of hydrogen-bond acceptors (Lipinski definition) is 7. The van der Waals surface area contributed by atoms with Crippen molar-refractivity contribution in [2.45, 2.75) is 38.3 Å². The second-order valence-electron chi connectivity index (χ2n) is 7.87. The number of piperidine rings is 1. The molecule has 30 heavy (non-hydrogen) atoms. The Morgan fingerprint density at radius 1 is 1.30 bits per heavy atom. The first-order valence-electron chi connectivity index (χ1n) is 9.77. The van der Waals surface area contributed by atoms with Crippen LogP contribution in [-0.4, -0.2) is 50.9 Å². The van der Waals surface area contributed by atoms with Crippen molar-refractivity contribution in [2.24, 2.45) is 0 Å². The van der Waals surface area contributed by atoms with E-state index in [0.29, 0.717) is 17.9 Å². The molecule has 0 bridgehead atoms. The van der Waals surface area contributed by atoms with Crippen molar-refractivity contribution in [3.8, 4) is 17.1 Å². The van der Waals surface area contributed by atoms with Crippen molar-refractivity contribution in [3.63, 3.8) is 0 Å². The zero-order valence-corrected chi connectivity index (χ0v) is 17.0. The van der Waals surface area contributed by atoms with Crippen molar-refractivity contribution >= 4 is 11.5 Å². The molecule has 8 nitrogen and oxygen atoms in total. The van der Waals surface area contributed by atoms with Gasteiger partial charge in [0.2, 0.25) is 0 Å². The lowest BCUT2D eigenvalue weighted by Crippen LogP contribution is -2.38. The number of nitrogens with one attached hydrogen (secondary N) is 2. The van der Waals surface area contributed by atoms with E-state index in [2.05, 4.69) is 25.7 Å². The van der Waals surface area contributed by atoms with Crippen molar-refractivity contribution in [1.82, 2.24) is 24.9 Å². The molecule has 0 aliphatic carbocycles. The molecule has 1 unspecified atom stereocenters. The van der Waals surface area contributed by atoms with Gasteiger partial charge in [-0.15, -0.1) is 0 Å². The Hall–Kier alpha value is -2.85. The Bertz CT molecular complexity index is 1070. The van der Waals surface area contributed by atoms with Gasteiger partial charge in [0.1, 0.15) is 28.4 Å². The number of aliphatic hydroxyl groups is 1. The van der Waals surface area contributed by atoms with Crippen molar-refractivity contribution in [1.29, 1.82) is 0 Å². The second kappa shape index (κ2) is 7.77. The summed E-state index contributed by atoms with van der Waals surface area (Å²) < 4.78 is 35.8. The molecule has 0 aromatic carbocycles. The summed E-state index contributed by atoms with van der Waals surface area (Å²) in [6.45, 7) is 4.73. The largest absolute Gasteiger partial charge is 0.495 e. The number of pyridine rings is 1. The quantitative estimate of drug-likeness (QED) is 0.586. The van der Waals surface area contributed by atoms with E-state index in [4.69, 9.17) is 4.74 Å². The number of ether oxygens (including phenoxy) is 1. The van der Waals surface area contributed by atoms with Gasteiger partial charge in [-0.25, -0.2) is 23.3 Å². The maximum Gasteiger partial charge on any atom is 0.168 e. The van der Waals surface area contributed by atoms with Gasteiger partial charge in [-0.2, -0.15) is 5.10 Å². The highest BCUT2D eigenvalue weighted by atomic mass is 19.1. The number of nitrogens with zero attached hydrogens (tertiary/aromatic N) is 4. The highest BCUT2D eigenvalue weighted by Crippen LogP contribution is 2.31. The normalized spacial score (nSPS) is 17.3. The number of halogens is 2. The predicted octanol–water partition coefficient (Wildman–Crippen LogP) is 2.47. The molecule has 3 N–H and O–H groups in total. The molecule has 0 saturated carbocycles. The summed E-state index contributed by atoms with van der Waals surface area (Å²) in [5, 5.41) is 21.1. The van der Waals surface area contributed by atoms with E-state index >= 15 is 0 Å². The van der Waals surface area contributed by atoms with Crippen LogP contribution >= 0.6 is 0 Å². The summed E-state index contributed by atoms with van der Waals surface area (Å²) in [5.41, 5.74) is -0.524. The second-order valence-corrected chi connectivity index (χ2v) is 7.87. The number of hydrogen-bond donors (Lipinski definition) is 3. The van der Waals surface area contributed by atoms with Gasteiger partial charge in [0.25, 0.3) is 0 Å². The lowest BCUT2D eigenvalue weighted by molar-refractivity contribution is 0.0694. The van der Waals surface area contributed by atoms with Crippen LogP contribution in [0.2, 0.25) is 0 Å². The molecule has 4 heterocycles. The van der Waals surface area contributed by atoms with Crippen LogP contribution in [0.5, 0.6) is 5.75 Å². The van der Waals surface area contributed by atoms with E-state index in [1.54, 1.807) is 19.9 Å². The van der Waals surface area contributed by atoms with Gasteiger partial charge in [-0.05, 0) is 33.2 Å². The molecule has 4 rings (SSSR count). The first-order chi connectivity index (χ1) is 14.3. The van der Waals surface area contributed by atoms with Crippen LogP contribution in [0.25, 0.3) is 17.0 Å². The summed E-state index contributed by atoms with van der Waals surface area (Å²) in [5.74, 6) is -1.26. The summed E-state index contributed by atoms with van der Waals surface area (Å²) in [4.78, 5) is 8.45. The Morgan fingerprint density at radius 2 is 2.10 bits per heavy atom. The third-order valence-electron chi connectivity index (χ3n) is 5.07. The molecule has 3 aromatic heterocycles. The van der Waals surface area contributed by atoms with Crippen LogP contribution in [0.4, 0.5) is 14.6 Å². The minimum absolute atomic E-state index is 0.00502. The van der Waals surface area contributed by atoms with E-state index in [-0.39, 0.29) is 28.9 Å². The van der Waals surface area contributed by atoms with Crippen molar-refractivity contribution in [3.05, 3.63) is 35.7 Å². The maximum absolute atomic E-state index is 14.7. The predicted molar refractivity (Wildman–Crippen MR) is 107 cm³/mol. The van der Waals surface area contributed by atoms with Crippen LogP contribution in [0.3, 0.4) is 0 Å². The number of methoxy groups -OCH3 is 1. The Balaban J connectivity index is 1.80. The molecule has 0 amide bonds. The van der Waals surface area contributed by atoms with Gasteiger partial charge in [0.05, 0.1) is 13.3 Å². The highest BCUT2D eigenvalue weighted by Gasteiger charge is 2.26. The van der Waals surface area contributed by atoms with Gasteiger partial charge in [0.15, 0.2) is 23.1 Å². The lowest BCUT2D eigenvalue weighted by atomic mass is 10.0. The fraction of sp³-hybridized carbons (Fsp3) is 0.450. The van der Waals surface area contributed by atoms with Crippen LogP contribution in [-0.2, 0) is 5.60 Å². The zero-order chi connectivity index (χ0) is 21.5. The summed E-state index contributed by atoms with van der Waals surface area (Å²) >= 11 is 0. The molecule has 0 radical (unpaired) electrons. The molecule has 10 heteroatoms. The molecule has 1 saturated heterocycles. The van der Waals surface area contributed by atoms with E-state index < -0.39 is 17.2 Å². The van der Waals surface area contributed by atoms with Crippen LogP contribution in [0.15, 0.2) is 18.3 Å². The molecule has 1 atom stereocenters. The van der Waals surface area contributed by atoms with E-state index in [1.807, 2.05) is 0 Å². The lowest BCUT2D eigenvalue weighted by Gasteiger charge is -2.24.